The first-order valence-electron chi connectivity index (χ1n) is 8.28. The van der Waals surface area contributed by atoms with Gasteiger partial charge in [0.2, 0.25) is 0 Å². The van der Waals surface area contributed by atoms with Crippen LogP contribution in [0, 0.1) is 0 Å². The van der Waals surface area contributed by atoms with E-state index in [0.29, 0.717) is 18.0 Å². The molecule has 0 bridgehead atoms. The van der Waals surface area contributed by atoms with E-state index in [2.05, 4.69) is 12.2 Å². The van der Waals surface area contributed by atoms with Crippen LogP contribution in [0.3, 0.4) is 0 Å². The van der Waals surface area contributed by atoms with Crippen LogP contribution in [0.15, 0.2) is 48.5 Å². The molecule has 134 valence electrons. The third-order valence-corrected chi connectivity index (χ3v) is 4.23. The summed E-state index contributed by atoms with van der Waals surface area (Å²) < 4.78 is 10.5. The zero-order valence-electron chi connectivity index (χ0n) is 14.9. The number of ether oxygens (including phenoxy) is 2. The lowest BCUT2D eigenvalue weighted by atomic mass is 9.97. The molecule has 2 aromatic carbocycles. The van der Waals surface area contributed by atoms with Crippen LogP contribution in [-0.2, 0) is 9.53 Å². The van der Waals surface area contributed by atoms with Crippen LogP contribution in [0.4, 0.5) is 0 Å². The van der Waals surface area contributed by atoms with Crippen LogP contribution in [0.5, 0.6) is 11.5 Å². The van der Waals surface area contributed by atoms with Crippen molar-refractivity contribution in [1.82, 2.24) is 5.32 Å². The summed E-state index contributed by atoms with van der Waals surface area (Å²) in [4.78, 5) is 12.3. The fourth-order valence-electron chi connectivity index (χ4n) is 2.65. The summed E-state index contributed by atoms with van der Waals surface area (Å²) in [5.74, 6) is 1.13. The topological polar surface area (TPSA) is 67.8 Å². The minimum absolute atomic E-state index is 0.160. The highest BCUT2D eigenvalue weighted by atomic mass is 16.5. The molecule has 0 spiro atoms. The molecule has 2 N–H and O–H groups in total. The number of carbonyl (C=O) groups excluding carboxylic acids is 1. The molecular weight excluding hydrogens is 318 g/mol. The zero-order valence-corrected chi connectivity index (χ0v) is 14.9. The Morgan fingerprint density at radius 2 is 1.64 bits per heavy atom. The Morgan fingerprint density at radius 3 is 2.20 bits per heavy atom. The minimum Gasteiger partial charge on any atom is -0.508 e. The van der Waals surface area contributed by atoms with Crippen molar-refractivity contribution < 1.29 is 19.4 Å². The van der Waals surface area contributed by atoms with Crippen molar-refractivity contribution in [2.75, 3.05) is 20.8 Å². The Labute approximate surface area is 148 Å². The Hall–Kier alpha value is -2.53. The van der Waals surface area contributed by atoms with E-state index in [0.717, 1.165) is 12.2 Å². The lowest BCUT2D eigenvalue weighted by molar-refractivity contribution is -0.131. The van der Waals surface area contributed by atoms with Crippen molar-refractivity contribution in [2.45, 2.75) is 25.4 Å². The van der Waals surface area contributed by atoms with Gasteiger partial charge in [-0.2, -0.15) is 0 Å². The van der Waals surface area contributed by atoms with Crippen molar-refractivity contribution in [3.63, 3.8) is 0 Å². The third-order valence-electron chi connectivity index (χ3n) is 4.23. The van der Waals surface area contributed by atoms with Crippen LogP contribution in [-0.4, -0.2) is 31.8 Å². The SMILES string of the molecule is COc1ccc(C(C)CCNC(=O)C(OC)c2ccc(O)cc2)cc1. The number of nitrogens with one attached hydrogen (secondary N) is 1. The molecule has 0 aliphatic rings. The van der Waals surface area contributed by atoms with E-state index in [1.807, 2.05) is 24.3 Å². The molecule has 1 amide bonds. The van der Waals surface area contributed by atoms with Crippen LogP contribution < -0.4 is 10.1 Å². The number of rotatable bonds is 8. The maximum atomic E-state index is 12.3. The number of hydrogen-bond acceptors (Lipinski definition) is 4. The van der Waals surface area contributed by atoms with E-state index < -0.39 is 6.10 Å². The molecular formula is C20H25NO4. The molecule has 5 nitrogen and oxygen atoms in total. The molecule has 2 atom stereocenters. The molecule has 2 aromatic rings. The quantitative estimate of drug-likeness (QED) is 0.771. The van der Waals surface area contributed by atoms with E-state index in [-0.39, 0.29) is 11.7 Å². The Morgan fingerprint density at radius 1 is 1.04 bits per heavy atom. The monoisotopic (exact) mass is 343 g/mol. The Kier molecular flexibility index (Phi) is 6.83. The van der Waals surface area contributed by atoms with E-state index >= 15 is 0 Å². The van der Waals surface area contributed by atoms with Gasteiger partial charge in [-0.15, -0.1) is 0 Å². The molecule has 25 heavy (non-hydrogen) atoms. The number of benzene rings is 2. The largest absolute Gasteiger partial charge is 0.508 e. The fourth-order valence-corrected chi connectivity index (χ4v) is 2.65. The second kappa shape index (κ2) is 9.08. The summed E-state index contributed by atoms with van der Waals surface area (Å²) >= 11 is 0. The second-order valence-corrected chi connectivity index (χ2v) is 5.96. The number of carbonyl (C=O) groups is 1. The van der Waals surface area contributed by atoms with Gasteiger partial charge in [-0.25, -0.2) is 0 Å². The van der Waals surface area contributed by atoms with Gasteiger partial charge in [-0.05, 0) is 47.7 Å². The van der Waals surface area contributed by atoms with E-state index in [4.69, 9.17) is 9.47 Å². The highest BCUT2D eigenvalue weighted by Gasteiger charge is 2.19. The summed E-state index contributed by atoms with van der Waals surface area (Å²) in [5.41, 5.74) is 1.91. The summed E-state index contributed by atoms with van der Waals surface area (Å²) in [5, 5.41) is 12.3. The van der Waals surface area contributed by atoms with Crippen molar-refractivity contribution in [3.8, 4) is 11.5 Å². The zero-order chi connectivity index (χ0) is 18.2. The minimum atomic E-state index is -0.683. The smallest absolute Gasteiger partial charge is 0.253 e. The number of aromatic hydroxyl groups is 1. The molecule has 0 radical (unpaired) electrons. The summed E-state index contributed by atoms with van der Waals surface area (Å²) in [6.45, 7) is 2.69. The van der Waals surface area contributed by atoms with Crippen LogP contribution >= 0.6 is 0 Å². The normalized spacial score (nSPS) is 13.1. The van der Waals surface area contributed by atoms with Crippen LogP contribution in [0.2, 0.25) is 0 Å². The molecule has 0 aromatic heterocycles. The lowest BCUT2D eigenvalue weighted by Gasteiger charge is -2.17. The number of phenolic OH excluding ortho intramolecular Hbond substituents is 1. The van der Waals surface area contributed by atoms with E-state index in [1.54, 1.807) is 31.4 Å². The third kappa shape index (κ3) is 5.22. The number of phenols is 1. The standard InChI is InChI=1S/C20H25NO4/c1-14(15-6-10-18(24-2)11-7-15)12-13-21-20(23)19(25-3)16-4-8-17(22)9-5-16/h4-11,14,19,22H,12-13H2,1-3H3,(H,21,23). The van der Waals surface area contributed by atoms with Crippen molar-refractivity contribution in [2.24, 2.45) is 0 Å². The van der Waals surface area contributed by atoms with Gasteiger partial charge >= 0.3 is 0 Å². The predicted octanol–water partition coefficient (Wildman–Crippen LogP) is 3.40. The molecule has 0 saturated carbocycles. The van der Waals surface area contributed by atoms with E-state index in [1.165, 1.54) is 12.7 Å². The van der Waals surface area contributed by atoms with E-state index in [9.17, 15) is 9.90 Å². The average molecular weight is 343 g/mol. The number of hydrogen-bond donors (Lipinski definition) is 2. The van der Waals surface area contributed by atoms with Gasteiger partial charge in [-0.3, -0.25) is 4.79 Å². The first-order chi connectivity index (χ1) is 12.0. The molecule has 0 fully saturated rings. The molecule has 2 unspecified atom stereocenters. The van der Waals surface area contributed by atoms with Crippen molar-refractivity contribution in [1.29, 1.82) is 0 Å². The predicted molar refractivity (Wildman–Crippen MR) is 96.9 cm³/mol. The van der Waals surface area contributed by atoms with Crippen molar-refractivity contribution >= 4 is 5.91 Å². The maximum Gasteiger partial charge on any atom is 0.253 e. The molecule has 2 rings (SSSR count). The molecule has 0 heterocycles. The highest BCUT2D eigenvalue weighted by Crippen LogP contribution is 2.22. The van der Waals surface area contributed by atoms with Gasteiger partial charge in [-0.1, -0.05) is 31.2 Å². The molecule has 0 aliphatic carbocycles. The van der Waals surface area contributed by atoms with Gasteiger partial charge in [0.15, 0.2) is 6.10 Å². The maximum absolute atomic E-state index is 12.3. The highest BCUT2D eigenvalue weighted by molar-refractivity contribution is 5.82. The van der Waals surface area contributed by atoms with Crippen molar-refractivity contribution in [3.05, 3.63) is 59.7 Å². The van der Waals surface area contributed by atoms with Gasteiger partial charge in [0.25, 0.3) is 5.91 Å². The second-order valence-electron chi connectivity index (χ2n) is 5.96. The number of amides is 1. The molecule has 0 aliphatic heterocycles. The van der Waals surface area contributed by atoms with Gasteiger partial charge < -0.3 is 19.9 Å². The Balaban J connectivity index is 1.86. The van der Waals surface area contributed by atoms with Crippen LogP contribution in [0.25, 0.3) is 0 Å². The lowest BCUT2D eigenvalue weighted by Crippen LogP contribution is -2.31. The summed E-state index contributed by atoms with van der Waals surface area (Å²) in [6, 6.07) is 14.4. The van der Waals surface area contributed by atoms with Gasteiger partial charge in [0, 0.05) is 13.7 Å². The Bertz CT molecular complexity index is 667. The summed E-state index contributed by atoms with van der Waals surface area (Å²) in [6.07, 6.45) is 0.140. The van der Waals surface area contributed by atoms with Gasteiger partial charge in [0.1, 0.15) is 11.5 Å². The summed E-state index contributed by atoms with van der Waals surface area (Å²) in [7, 11) is 3.14. The molecule has 0 saturated heterocycles. The fraction of sp³-hybridized carbons (Fsp3) is 0.350. The first kappa shape index (κ1) is 18.8. The van der Waals surface area contributed by atoms with Gasteiger partial charge in [0.05, 0.1) is 7.11 Å². The first-order valence-corrected chi connectivity index (χ1v) is 8.28. The average Bonchev–Trinajstić information content (AvgIpc) is 2.64. The van der Waals surface area contributed by atoms with Crippen LogP contribution in [0.1, 0.15) is 36.5 Å². The number of methoxy groups -OCH3 is 2. The molecule has 5 heteroatoms.